The van der Waals surface area contributed by atoms with E-state index in [1.807, 2.05) is 6.07 Å². The van der Waals surface area contributed by atoms with Gasteiger partial charge < -0.3 is 20.1 Å². The molecule has 2 N–H and O–H groups in total. The normalized spacial score (nSPS) is 17.6. The first-order valence-corrected chi connectivity index (χ1v) is 7.70. The molecule has 5 nitrogen and oxygen atoms in total. The molecule has 1 fully saturated rings. The fourth-order valence-corrected chi connectivity index (χ4v) is 2.79. The fraction of sp³-hybridized carbons (Fsp3) is 0.562. The van der Waals surface area contributed by atoms with Gasteiger partial charge in [-0.3, -0.25) is 0 Å². The highest BCUT2D eigenvalue weighted by Gasteiger charge is 2.44. The van der Waals surface area contributed by atoms with Crippen LogP contribution in [0.5, 0.6) is 0 Å². The zero-order valence-electron chi connectivity index (χ0n) is 13.3. The molecule has 1 unspecified atom stereocenters. The molecule has 0 saturated carbocycles. The number of halogens is 3. The maximum absolute atomic E-state index is 12.5. The minimum Gasteiger partial charge on any atom is -0.383 e. The number of nitrogens with zero attached hydrogens (tertiary/aromatic N) is 1. The van der Waals surface area contributed by atoms with Crippen LogP contribution in [0.4, 0.5) is 23.7 Å². The molecule has 1 aromatic carbocycles. The van der Waals surface area contributed by atoms with E-state index in [-0.39, 0.29) is 32.0 Å². The van der Waals surface area contributed by atoms with E-state index in [9.17, 15) is 23.1 Å². The second kappa shape index (κ2) is 7.85. The molecule has 0 bridgehead atoms. The van der Waals surface area contributed by atoms with E-state index in [1.54, 1.807) is 25.3 Å². The molecule has 0 aliphatic carbocycles. The number of ether oxygens (including phenoxy) is 1. The summed E-state index contributed by atoms with van der Waals surface area (Å²) in [5.74, 6) is -0.862. The number of aliphatic hydroxyl groups is 1. The molecule has 24 heavy (non-hydrogen) atoms. The van der Waals surface area contributed by atoms with Gasteiger partial charge in [-0.05, 0) is 36.5 Å². The zero-order chi connectivity index (χ0) is 17.7. The van der Waals surface area contributed by atoms with Crippen molar-refractivity contribution >= 4 is 11.7 Å². The van der Waals surface area contributed by atoms with Crippen molar-refractivity contribution in [3.63, 3.8) is 0 Å². The highest BCUT2D eigenvalue weighted by molar-refractivity contribution is 5.89. The highest BCUT2D eigenvalue weighted by Crippen LogP contribution is 2.31. The summed E-state index contributed by atoms with van der Waals surface area (Å²) in [7, 11) is 1.57. The third kappa shape index (κ3) is 4.85. The summed E-state index contributed by atoms with van der Waals surface area (Å²) in [4.78, 5) is 13.7. The minimum absolute atomic E-state index is 0.123. The first-order chi connectivity index (χ1) is 11.3. The third-order valence-electron chi connectivity index (χ3n) is 4.10. The van der Waals surface area contributed by atoms with Gasteiger partial charge >= 0.3 is 12.2 Å². The van der Waals surface area contributed by atoms with E-state index in [0.29, 0.717) is 12.3 Å². The van der Waals surface area contributed by atoms with Gasteiger partial charge in [0.05, 0.1) is 6.61 Å². The van der Waals surface area contributed by atoms with Crippen molar-refractivity contribution in [2.24, 2.45) is 5.92 Å². The molecule has 1 aliphatic heterocycles. The van der Waals surface area contributed by atoms with Crippen molar-refractivity contribution in [1.82, 2.24) is 4.90 Å². The topological polar surface area (TPSA) is 61.8 Å². The van der Waals surface area contributed by atoms with Gasteiger partial charge in [0.1, 0.15) is 0 Å². The number of carbonyl (C=O) groups is 1. The number of piperidine rings is 1. The number of methoxy groups -OCH3 is 1. The molecule has 1 aliphatic rings. The lowest BCUT2D eigenvalue weighted by Crippen LogP contribution is -2.46. The van der Waals surface area contributed by atoms with Crippen LogP contribution in [0.2, 0.25) is 0 Å². The van der Waals surface area contributed by atoms with Crippen LogP contribution in [-0.4, -0.2) is 48.5 Å². The monoisotopic (exact) mass is 346 g/mol. The number of rotatable bonds is 4. The molecular weight excluding hydrogens is 325 g/mol. The molecule has 2 rings (SSSR count). The van der Waals surface area contributed by atoms with E-state index in [4.69, 9.17) is 4.74 Å². The Bertz CT molecular complexity index is 558. The number of likely N-dealkylation sites (tertiary alicyclic amines) is 1. The molecule has 2 amide bonds. The van der Waals surface area contributed by atoms with Crippen LogP contribution in [0.25, 0.3) is 0 Å². The summed E-state index contributed by atoms with van der Waals surface area (Å²) >= 11 is 0. The predicted molar refractivity (Wildman–Crippen MR) is 82.5 cm³/mol. The molecule has 1 saturated heterocycles. The number of alkyl halides is 3. The quantitative estimate of drug-likeness (QED) is 0.881. The molecule has 1 atom stereocenters. The standard InChI is InChI=1S/C16H21F3N2O3/c1-24-10-11-3-2-4-13(9-11)20-15(23)21-7-5-12(6-8-21)14(22)16(17,18)19/h2-4,9,12,14,22H,5-8,10H2,1H3,(H,20,23). The van der Waals surface area contributed by atoms with Crippen LogP contribution in [-0.2, 0) is 11.3 Å². The molecule has 1 heterocycles. The highest BCUT2D eigenvalue weighted by atomic mass is 19.4. The number of aliphatic hydroxyl groups excluding tert-OH is 1. The number of urea groups is 1. The van der Waals surface area contributed by atoms with Gasteiger partial charge in [-0.25, -0.2) is 4.79 Å². The Balaban J connectivity index is 1.88. The lowest BCUT2D eigenvalue weighted by Gasteiger charge is -2.34. The van der Waals surface area contributed by atoms with Crippen LogP contribution in [0, 0.1) is 5.92 Å². The van der Waals surface area contributed by atoms with Gasteiger partial charge in [0.2, 0.25) is 0 Å². The van der Waals surface area contributed by atoms with Gasteiger partial charge in [0, 0.05) is 25.9 Å². The average Bonchev–Trinajstić information content (AvgIpc) is 2.54. The lowest BCUT2D eigenvalue weighted by molar-refractivity contribution is -0.222. The first-order valence-electron chi connectivity index (χ1n) is 7.70. The molecule has 1 aromatic rings. The van der Waals surface area contributed by atoms with Crippen molar-refractivity contribution in [1.29, 1.82) is 0 Å². The Labute approximate surface area is 138 Å². The van der Waals surface area contributed by atoms with Crippen LogP contribution in [0.1, 0.15) is 18.4 Å². The van der Waals surface area contributed by atoms with Crippen LogP contribution in [0.15, 0.2) is 24.3 Å². The molecule has 134 valence electrons. The summed E-state index contributed by atoms with van der Waals surface area (Å²) in [6.07, 6.45) is -6.69. The number of carbonyl (C=O) groups excluding carboxylic acids is 1. The molecule has 0 spiro atoms. The summed E-state index contributed by atoms with van der Waals surface area (Å²) in [5, 5.41) is 12.0. The van der Waals surface area contributed by atoms with E-state index < -0.39 is 18.2 Å². The van der Waals surface area contributed by atoms with Crippen LogP contribution < -0.4 is 5.32 Å². The second-order valence-electron chi connectivity index (χ2n) is 5.87. The van der Waals surface area contributed by atoms with Crippen molar-refractivity contribution in [2.45, 2.75) is 31.7 Å². The maximum Gasteiger partial charge on any atom is 0.414 e. The minimum atomic E-state index is -4.61. The van der Waals surface area contributed by atoms with E-state index in [2.05, 4.69) is 5.32 Å². The van der Waals surface area contributed by atoms with Crippen molar-refractivity contribution < 1.29 is 27.8 Å². The first kappa shape index (κ1) is 18.5. The average molecular weight is 346 g/mol. The van der Waals surface area contributed by atoms with Gasteiger partial charge in [-0.15, -0.1) is 0 Å². The van der Waals surface area contributed by atoms with Crippen molar-refractivity contribution in [3.05, 3.63) is 29.8 Å². The van der Waals surface area contributed by atoms with Crippen molar-refractivity contribution in [3.8, 4) is 0 Å². The summed E-state index contributed by atoms with van der Waals surface area (Å²) < 4.78 is 42.6. The van der Waals surface area contributed by atoms with Crippen molar-refractivity contribution in [2.75, 3.05) is 25.5 Å². The van der Waals surface area contributed by atoms with Gasteiger partial charge in [-0.2, -0.15) is 13.2 Å². The zero-order valence-corrected chi connectivity index (χ0v) is 13.3. The maximum atomic E-state index is 12.5. The molecule has 0 aromatic heterocycles. The van der Waals surface area contributed by atoms with Gasteiger partial charge in [-0.1, -0.05) is 12.1 Å². The fourth-order valence-electron chi connectivity index (χ4n) is 2.79. The molecular formula is C16H21F3N2O3. The lowest BCUT2D eigenvalue weighted by atomic mass is 9.91. The van der Waals surface area contributed by atoms with E-state index >= 15 is 0 Å². The Kier molecular flexibility index (Phi) is 6.06. The smallest absolute Gasteiger partial charge is 0.383 e. The van der Waals surface area contributed by atoms with Gasteiger partial charge in [0.25, 0.3) is 0 Å². The predicted octanol–water partition coefficient (Wildman–Crippen LogP) is 3.00. The van der Waals surface area contributed by atoms with Gasteiger partial charge in [0.15, 0.2) is 6.10 Å². The second-order valence-corrected chi connectivity index (χ2v) is 5.87. The number of nitrogens with one attached hydrogen (secondary N) is 1. The molecule has 0 radical (unpaired) electrons. The Morgan fingerprint density at radius 1 is 1.42 bits per heavy atom. The number of amides is 2. The van der Waals surface area contributed by atoms with E-state index in [0.717, 1.165) is 5.56 Å². The van der Waals surface area contributed by atoms with Crippen LogP contribution >= 0.6 is 0 Å². The Morgan fingerprint density at radius 2 is 2.08 bits per heavy atom. The van der Waals surface area contributed by atoms with Crippen LogP contribution in [0.3, 0.4) is 0 Å². The summed E-state index contributed by atoms with van der Waals surface area (Å²) in [6.45, 7) is 0.785. The number of benzene rings is 1. The van der Waals surface area contributed by atoms with E-state index in [1.165, 1.54) is 4.90 Å². The number of hydrogen-bond acceptors (Lipinski definition) is 3. The molecule has 8 heteroatoms. The largest absolute Gasteiger partial charge is 0.414 e. The third-order valence-corrected chi connectivity index (χ3v) is 4.10. The number of hydrogen-bond donors (Lipinski definition) is 2. The Morgan fingerprint density at radius 3 is 2.67 bits per heavy atom. The summed E-state index contributed by atoms with van der Waals surface area (Å²) in [5.41, 5.74) is 1.51. The number of anilines is 1. The SMILES string of the molecule is COCc1cccc(NC(=O)N2CCC(C(O)C(F)(F)F)CC2)c1. The summed E-state index contributed by atoms with van der Waals surface area (Å²) in [6, 6.07) is 6.81. The Hall–Kier alpha value is -1.80.